The van der Waals surface area contributed by atoms with Crippen molar-refractivity contribution in [2.45, 2.75) is 31.9 Å². The van der Waals surface area contributed by atoms with E-state index < -0.39 is 5.41 Å². The van der Waals surface area contributed by atoms with Gasteiger partial charge in [-0.1, -0.05) is 66.2 Å². The van der Waals surface area contributed by atoms with Crippen molar-refractivity contribution in [3.8, 4) is 11.1 Å². The molecule has 1 N–H and O–H groups in total. The predicted octanol–water partition coefficient (Wildman–Crippen LogP) is 5.61. The first-order valence-corrected chi connectivity index (χ1v) is 12.1. The largest absolute Gasteiger partial charge is 0.445 e. The topological polar surface area (TPSA) is 58.6 Å². The summed E-state index contributed by atoms with van der Waals surface area (Å²) in [6.07, 6.45) is 1.58. The lowest BCUT2D eigenvalue weighted by molar-refractivity contribution is -0.127. The van der Waals surface area contributed by atoms with Gasteiger partial charge in [0.1, 0.15) is 12.4 Å². The van der Waals surface area contributed by atoms with E-state index in [-0.39, 0.29) is 30.5 Å². The van der Waals surface area contributed by atoms with Crippen molar-refractivity contribution >= 4 is 23.6 Å². The van der Waals surface area contributed by atoms with Crippen LogP contribution in [-0.4, -0.2) is 36.0 Å². The number of rotatable bonds is 5. The lowest BCUT2D eigenvalue weighted by Gasteiger charge is -2.21. The molecule has 5 rings (SSSR count). The van der Waals surface area contributed by atoms with E-state index in [1.807, 2.05) is 54.6 Å². The molecule has 2 amide bonds. The van der Waals surface area contributed by atoms with Gasteiger partial charge in [-0.3, -0.25) is 4.79 Å². The van der Waals surface area contributed by atoms with Crippen LogP contribution in [0, 0.1) is 11.2 Å². The van der Waals surface area contributed by atoms with Gasteiger partial charge in [0.2, 0.25) is 5.91 Å². The summed E-state index contributed by atoms with van der Waals surface area (Å²) in [6, 6.07) is 21.7. The SMILES string of the molecule is O=C(OCc1ccccc1)N1CCC2(C[C@@H](Cc3ccc(-c4cc(Cl)ccc4F)cc3)NC2=O)C1. The fourth-order valence-corrected chi connectivity index (χ4v) is 5.26. The van der Waals surface area contributed by atoms with Crippen LogP contribution in [0.1, 0.15) is 24.0 Å². The summed E-state index contributed by atoms with van der Waals surface area (Å²) in [5.41, 5.74) is 2.62. The summed E-state index contributed by atoms with van der Waals surface area (Å²) in [4.78, 5) is 27.1. The van der Waals surface area contributed by atoms with Crippen LogP contribution in [0.4, 0.5) is 9.18 Å². The average molecular weight is 493 g/mol. The number of carbonyl (C=O) groups is 2. The minimum absolute atomic E-state index is 0.00141. The highest BCUT2D eigenvalue weighted by atomic mass is 35.5. The van der Waals surface area contributed by atoms with E-state index in [4.69, 9.17) is 16.3 Å². The molecule has 0 aromatic heterocycles. The molecule has 2 aliphatic rings. The second-order valence-electron chi connectivity index (χ2n) is 9.39. The van der Waals surface area contributed by atoms with Crippen LogP contribution < -0.4 is 5.32 Å². The van der Waals surface area contributed by atoms with Gasteiger partial charge in [-0.15, -0.1) is 0 Å². The summed E-state index contributed by atoms with van der Waals surface area (Å²) in [6.45, 7) is 1.09. The van der Waals surface area contributed by atoms with Crippen molar-refractivity contribution in [3.05, 3.63) is 94.8 Å². The number of amides is 2. The smallest absolute Gasteiger partial charge is 0.410 e. The minimum Gasteiger partial charge on any atom is -0.445 e. The molecule has 0 saturated carbocycles. The zero-order valence-electron chi connectivity index (χ0n) is 19.2. The van der Waals surface area contributed by atoms with Gasteiger partial charge in [0.05, 0.1) is 5.41 Å². The third kappa shape index (κ3) is 5.03. The molecule has 1 unspecified atom stereocenters. The van der Waals surface area contributed by atoms with Gasteiger partial charge in [-0.05, 0) is 54.2 Å². The second-order valence-corrected chi connectivity index (χ2v) is 9.83. The highest BCUT2D eigenvalue weighted by Gasteiger charge is 2.51. The number of hydrogen-bond donors (Lipinski definition) is 1. The fraction of sp³-hybridized carbons (Fsp3) is 0.286. The molecule has 35 heavy (non-hydrogen) atoms. The summed E-state index contributed by atoms with van der Waals surface area (Å²) in [5.74, 6) is -0.321. The Morgan fingerprint density at radius 1 is 1.09 bits per heavy atom. The standard InChI is InChI=1S/C28H26ClFN2O3/c29-22-10-11-25(30)24(15-22)21-8-6-19(7-9-21)14-23-16-28(26(33)31-23)12-13-32(18-28)27(34)35-17-20-4-2-1-3-5-20/h1-11,15,23H,12-14,16-18H2,(H,31,33)/t23-,28?/m1/s1. The van der Waals surface area contributed by atoms with Crippen LogP contribution in [0.15, 0.2) is 72.8 Å². The van der Waals surface area contributed by atoms with E-state index >= 15 is 0 Å². The number of hydrogen-bond acceptors (Lipinski definition) is 3. The van der Waals surface area contributed by atoms with E-state index in [2.05, 4.69) is 5.32 Å². The molecule has 2 atom stereocenters. The number of nitrogens with zero attached hydrogens (tertiary/aromatic N) is 1. The molecule has 7 heteroatoms. The molecule has 2 saturated heterocycles. The Morgan fingerprint density at radius 3 is 2.63 bits per heavy atom. The van der Waals surface area contributed by atoms with Gasteiger partial charge in [0.25, 0.3) is 0 Å². The first kappa shape index (κ1) is 23.4. The maximum atomic E-state index is 14.2. The van der Waals surface area contributed by atoms with Crippen molar-refractivity contribution in [3.63, 3.8) is 0 Å². The van der Waals surface area contributed by atoms with E-state index in [0.717, 1.165) is 16.7 Å². The molecule has 2 fully saturated rings. The first-order chi connectivity index (χ1) is 16.9. The maximum absolute atomic E-state index is 14.2. The molecular weight excluding hydrogens is 467 g/mol. The van der Waals surface area contributed by atoms with Gasteiger partial charge in [-0.2, -0.15) is 0 Å². The van der Waals surface area contributed by atoms with Crippen molar-refractivity contribution in [2.24, 2.45) is 5.41 Å². The Labute approximate surface area is 208 Å². The third-order valence-corrected chi connectivity index (χ3v) is 7.18. The molecule has 2 aliphatic heterocycles. The van der Waals surface area contributed by atoms with E-state index in [1.165, 1.54) is 12.1 Å². The Hall–Kier alpha value is -3.38. The molecule has 5 nitrogen and oxygen atoms in total. The van der Waals surface area contributed by atoms with Gasteiger partial charge in [0, 0.05) is 29.7 Å². The lowest BCUT2D eigenvalue weighted by Crippen LogP contribution is -2.37. The van der Waals surface area contributed by atoms with Crippen LogP contribution in [0.2, 0.25) is 5.02 Å². The molecule has 1 spiro atoms. The number of likely N-dealkylation sites (tertiary alicyclic amines) is 1. The third-order valence-electron chi connectivity index (χ3n) is 6.95. The molecule has 0 bridgehead atoms. The molecule has 0 radical (unpaired) electrons. The second kappa shape index (κ2) is 9.70. The van der Waals surface area contributed by atoms with Crippen LogP contribution in [0.3, 0.4) is 0 Å². The van der Waals surface area contributed by atoms with Crippen LogP contribution in [0.5, 0.6) is 0 Å². The quantitative estimate of drug-likeness (QED) is 0.504. The predicted molar refractivity (Wildman–Crippen MR) is 132 cm³/mol. The Morgan fingerprint density at radius 2 is 1.86 bits per heavy atom. The fourth-order valence-electron chi connectivity index (χ4n) is 5.09. The monoisotopic (exact) mass is 492 g/mol. The molecule has 180 valence electrons. The molecule has 3 aromatic rings. The van der Waals surface area contributed by atoms with Crippen LogP contribution in [0.25, 0.3) is 11.1 Å². The Kier molecular flexibility index (Phi) is 6.48. The van der Waals surface area contributed by atoms with Crippen molar-refractivity contribution < 1.29 is 18.7 Å². The Bertz CT molecular complexity index is 1230. The molecule has 2 heterocycles. The summed E-state index contributed by atoms with van der Waals surface area (Å²) in [7, 11) is 0. The summed E-state index contributed by atoms with van der Waals surface area (Å²) >= 11 is 6.02. The molecular formula is C28H26ClFN2O3. The number of carbonyl (C=O) groups excluding carboxylic acids is 2. The van der Waals surface area contributed by atoms with Crippen molar-refractivity contribution in [1.82, 2.24) is 10.2 Å². The van der Waals surface area contributed by atoms with Crippen LogP contribution >= 0.6 is 11.6 Å². The highest BCUT2D eigenvalue weighted by molar-refractivity contribution is 6.30. The van der Waals surface area contributed by atoms with Gasteiger partial charge < -0.3 is 15.0 Å². The zero-order chi connectivity index (χ0) is 24.4. The van der Waals surface area contributed by atoms with E-state index in [0.29, 0.717) is 42.9 Å². The minimum atomic E-state index is -0.569. The summed E-state index contributed by atoms with van der Waals surface area (Å²) < 4.78 is 19.6. The number of ether oxygens (including phenoxy) is 1. The number of nitrogens with one attached hydrogen (secondary N) is 1. The lowest BCUT2D eigenvalue weighted by atomic mass is 9.83. The van der Waals surface area contributed by atoms with Gasteiger partial charge >= 0.3 is 6.09 Å². The first-order valence-electron chi connectivity index (χ1n) is 11.7. The molecule has 3 aromatic carbocycles. The van der Waals surface area contributed by atoms with Gasteiger partial charge in [0.15, 0.2) is 0 Å². The number of halogens is 2. The highest BCUT2D eigenvalue weighted by Crippen LogP contribution is 2.40. The van der Waals surface area contributed by atoms with E-state index in [1.54, 1.807) is 11.0 Å². The van der Waals surface area contributed by atoms with Crippen LogP contribution in [-0.2, 0) is 22.6 Å². The Balaban J connectivity index is 1.18. The zero-order valence-corrected chi connectivity index (χ0v) is 19.9. The van der Waals surface area contributed by atoms with Crippen molar-refractivity contribution in [2.75, 3.05) is 13.1 Å². The summed E-state index contributed by atoms with van der Waals surface area (Å²) in [5, 5.41) is 3.61. The average Bonchev–Trinajstić information content (AvgIpc) is 3.43. The maximum Gasteiger partial charge on any atom is 0.410 e. The van der Waals surface area contributed by atoms with E-state index in [9.17, 15) is 14.0 Å². The normalized spacial score (nSPS) is 21.4. The van der Waals surface area contributed by atoms with Gasteiger partial charge in [-0.25, -0.2) is 9.18 Å². The molecule has 0 aliphatic carbocycles. The number of benzene rings is 3. The van der Waals surface area contributed by atoms with Crippen molar-refractivity contribution in [1.29, 1.82) is 0 Å².